The Balaban J connectivity index is 2.38. The molecule has 0 aliphatic heterocycles. The summed E-state index contributed by atoms with van der Waals surface area (Å²) in [5.41, 5.74) is 1.73. The van der Waals surface area contributed by atoms with Crippen LogP contribution in [0.25, 0.3) is 11.2 Å². The molecule has 2 heterocycles. The van der Waals surface area contributed by atoms with Gasteiger partial charge in [0, 0.05) is 5.54 Å². The van der Waals surface area contributed by atoms with Gasteiger partial charge in [-0.3, -0.25) is 4.57 Å². The van der Waals surface area contributed by atoms with E-state index in [4.69, 9.17) is 17.0 Å². The summed E-state index contributed by atoms with van der Waals surface area (Å²) in [5, 5.41) is 0. The van der Waals surface area contributed by atoms with Crippen LogP contribution in [0.2, 0.25) is 0 Å². The Hall–Kier alpha value is -1.43. The molecular weight excluding hydrogens is 224 g/mol. The number of fused-ring (bicyclic) bond motifs is 1. The van der Waals surface area contributed by atoms with Gasteiger partial charge in [0.15, 0.2) is 10.4 Å². The minimum atomic E-state index is 0.120. The number of hydrogen-bond acceptors (Lipinski definition) is 4. The molecule has 1 aliphatic rings. The lowest BCUT2D eigenvalue weighted by atomic mass is 10.3. The number of H-pyrrole nitrogens is 1. The van der Waals surface area contributed by atoms with Gasteiger partial charge in [0.25, 0.3) is 0 Å². The monoisotopic (exact) mass is 236 g/mol. The zero-order valence-corrected chi connectivity index (χ0v) is 9.97. The first kappa shape index (κ1) is 9.77. The molecule has 0 radical (unpaired) electrons. The Labute approximate surface area is 97.5 Å². The maximum absolute atomic E-state index is 5.33. The Morgan fingerprint density at radius 1 is 1.50 bits per heavy atom. The summed E-state index contributed by atoms with van der Waals surface area (Å²) in [7, 11) is 1.59. The second-order valence-corrected chi connectivity index (χ2v) is 4.73. The Morgan fingerprint density at radius 2 is 2.25 bits per heavy atom. The fourth-order valence-corrected chi connectivity index (χ4v) is 2.37. The SMILES string of the molecule is COc1ncnc2c1[nH]c(=S)n2C1(C)CC1. The summed E-state index contributed by atoms with van der Waals surface area (Å²) in [5.74, 6) is 0.541. The number of rotatable bonds is 2. The van der Waals surface area contributed by atoms with Crippen molar-refractivity contribution < 1.29 is 4.74 Å². The van der Waals surface area contributed by atoms with Gasteiger partial charge in [-0.2, -0.15) is 4.98 Å². The van der Waals surface area contributed by atoms with Crippen LogP contribution in [0.1, 0.15) is 19.8 Å². The summed E-state index contributed by atoms with van der Waals surface area (Å²) in [6.45, 7) is 2.19. The number of aromatic amines is 1. The van der Waals surface area contributed by atoms with Crippen LogP contribution >= 0.6 is 12.2 Å². The van der Waals surface area contributed by atoms with Gasteiger partial charge in [0.2, 0.25) is 5.88 Å². The van der Waals surface area contributed by atoms with E-state index in [-0.39, 0.29) is 5.54 Å². The second kappa shape index (κ2) is 3.04. The van der Waals surface area contributed by atoms with Crippen LogP contribution < -0.4 is 4.74 Å². The van der Waals surface area contributed by atoms with E-state index in [1.807, 2.05) is 0 Å². The van der Waals surface area contributed by atoms with Gasteiger partial charge in [0.1, 0.15) is 11.8 Å². The number of nitrogens with one attached hydrogen (secondary N) is 1. The van der Waals surface area contributed by atoms with Crippen molar-refractivity contribution >= 4 is 23.4 Å². The van der Waals surface area contributed by atoms with Crippen molar-refractivity contribution in [1.29, 1.82) is 0 Å². The lowest BCUT2D eigenvalue weighted by Gasteiger charge is -2.10. The third kappa shape index (κ3) is 1.19. The highest BCUT2D eigenvalue weighted by Gasteiger charge is 2.41. The fourth-order valence-electron chi connectivity index (χ4n) is 1.96. The van der Waals surface area contributed by atoms with Gasteiger partial charge in [-0.25, -0.2) is 4.98 Å². The van der Waals surface area contributed by atoms with Gasteiger partial charge in [0.05, 0.1) is 7.11 Å². The first-order valence-electron chi connectivity index (χ1n) is 5.16. The van der Waals surface area contributed by atoms with Gasteiger partial charge in [-0.1, -0.05) is 0 Å². The zero-order chi connectivity index (χ0) is 11.3. The van der Waals surface area contributed by atoms with Crippen LogP contribution in [0.5, 0.6) is 5.88 Å². The molecule has 0 atom stereocenters. The van der Waals surface area contributed by atoms with E-state index in [2.05, 4.69) is 26.4 Å². The molecular formula is C10H12N4OS. The van der Waals surface area contributed by atoms with Gasteiger partial charge in [-0.15, -0.1) is 0 Å². The van der Waals surface area contributed by atoms with Crippen molar-refractivity contribution in [3.8, 4) is 5.88 Å². The van der Waals surface area contributed by atoms with Crippen LogP contribution in [0.4, 0.5) is 0 Å². The number of nitrogens with zero attached hydrogens (tertiary/aromatic N) is 3. The molecule has 0 spiro atoms. The Bertz CT molecular complexity index is 611. The molecule has 1 fully saturated rings. The average Bonchev–Trinajstić information content (AvgIpc) is 2.90. The number of aromatic nitrogens is 4. The molecule has 0 amide bonds. The highest BCUT2D eigenvalue weighted by molar-refractivity contribution is 7.71. The lowest BCUT2D eigenvalue weighted by molar-refractivity contribution is 0.401. The molecule has 0 aromatic carbocycles. The topological polar surface area (TPSA) is 55.7 Å². The average molecular weight is 236 g/mol. The van der Waals surface area contributed by atoms with E-state index in [1.165, 1.54) is 6.33 Å². The smallest absolute Gasteiger partial charge is 0.242 e. The number of methoxy groups -OCH3 is 1. The van der Waals surface area contributed by atoms with Crippen LogP contribution in [0.3, 0.4) is 0 Å². The molecule has 1 saturated carbocycles. The van der Waals surface area contributed by atoms with E-state index in [0.29, 0.717) is 10.7 Å². The van der Waals surface area contributed by atoms with E-state index in [1.54, 1.807) is 7.11 Å². The summed E-state index contributed by atoms with van der Waals surface area (Å²) in [6.07, 6.45) is 3.78. The summed E-state index contributed by atoms with van der Waals surface area (Å²) in [6, 6.07) is 0. The fraction of sp³-hybridized carbons (Fsp3) is 0.500. The molecule has 3 rings (SSSR count). The summed E-state index contributed by atoms with van der Waals surface area (Å²) >= 11 is 5.33. The Morgan fingerprint density at radius 3 is 2.88 bits per heavy atom. The predicted molar refractivity (Wildman–Crippen MR) is 62.1 cm³/mol. The molecule has 2 aromatic heterocycles. The van der Waals surface area contributed by atoms with Crippen molar-refractivity contribution in [1.82, 2.24) is 19.5 Å². The van der Waals surface area contributed by atoms with Crippen molar-refractivity contribution in [2.75, 3.05) is 7.11 Å². The van der Waals surface area contributed by atoms with Crippen molar-refractivity contribution in [2.24, 2.45) is 0 Å². The van der Waals surface area contributed by atoms with Crippen LogP contribution in [-0.4, -0.2) is 26.6 Å². The summed E-state index contributed by atoms with van der Waals surface area (Å²) < 4.78 is 7.95. The largest absolute Gasteiger partial charge is 0.479 e. The molecule has 1 aliphatic carbocycles. The highest BCUT2D eigenvalue weighted by atomic mass is 32.1. The third-order valence-electron chi connectivity index (χ3n) is 3.15. The molecule has 5 nitrogen and oxygen atoms in total. The van der Waals surface area contributed by atoms with Crippen LogP contribution in [-0.2, 0) is 5.54 Å². The maximum Gasteiger partial charge on any atom is 0.242 e. The molecule has 0 saturated heterocycles. The predicted octanol–water partition coefficient (Wildman–Crippen LogP) is 2.01. The first-order chi connectivity index (χ1) is 7.65. The molecule has 84 valence electrons. The van der Waals surface area contributed by atoms with Crippen LogP contribution in [0.15, 0.2) is 6.33 Å². The molecule has 0 bridgehead atoms. The van der Waals surface area contributed by atoms with Crippen molar-refractivity contribution in [3.63, 3.8) is 0 Å². The lowest BCUT2D eigenvalue weighted by Crippen LogP contribution is -2.12. The number of hydrogen-bond donors (Lipinski definition) is 1. The van der Waals surface area contributed by atoms with Gasteiger partial charge < -0.3 is 9.72 Å². The molecule has 6 heteroatoms. The maximum atomic E-state index is 5.33. The minimum absolute atomic E-state index is 0.120. The van der Waals surface area contributed by atoms with Crippen molar-refractivity contribution in [3.05, 3.63) is 11.1 Å². The molecule has 2 aromatic rings. The zero-order valence-electron chi connectivity index (χ0n) is 9.15. The van der Waals surface area contributed by atoms with E-state index < -0.39 is 0 Å². The van der Waals surface area contributed by atoms with Gasteiger partial charge in [-0.05, 0) is 32.0 Å². The van der Waals surface area contributed by atoms with Crippen LogP contribution in [0, 0.1) is 4.77 Å². The molecule has 1 N–H and O–H groups in total. The Kier molecular flexibility index (Phi) is 1.85. The normalized spacial score (nSPS) is 17.6. The standard InChI is InChI=1S/C10H12N4OS/c1-10(3-4-10)14-7-6(13-9(14)16)8(15-2)12-5-11-7/h5H,3-4H2,1-2H3,(H,13,16). The molecule has 0 unspecified atom stereocenters. The minimum Gasteiger partial charge on any atom is -0.479 e. The van der Waals surface area contributed by atoms with E-state index in [9.17, 15) is 0 Å². The third-order valence-corrected chi connectivity index (χ3v) is 3.43. The van der Waals surface area contributed by atoms with E-state index in [0.717, 1.165) is 24.0 Å². The van der Waals surface area contributed by atoms with Crippen molar-refractivity contribution in [2.45, 2.75) is 25.3 Å². The molecule has 16 heavy (non-hydrogen) atoms. The number of imidazole rings is 1. The quantitative estimate of drug-likeness (QED) is 0.810. The first-order valence-corrected chi connectivity index (χ1v) is 5.57. The highest BCUT2D eigenvalue weighted by Crippen LogP contribution is 2.44. The number of ether oxygens (including phenoxy) is 1. The van der Waals surface area contributed by atoms with Gasteiger partial charge >= 0.3 is 0 Å². The second-order valence-electron chi connectivity index (χ2n) is 4.34. The summed E-state index contributed by atoms with van der Waals surface area (Å²) in [4.78, 5) is 11.5. The van der Waals surface area contributed by atoms with E-state index >= 15 is 0 Å².